The van der Waals surface area contributed by atoms with E-state index in [2.05, 4.69) is 26.8 Å². The Morgan fingerprint density at radius 3 is 2.42 bits per heavy atom. The van der Waals surface area contributed by atoms with E-state index in [0.717, 1.165) is 11.3 Å². The molecule has 0 aliphatic heterocycles. The molecular formula is C19H22BrN3O3. The molecule has 0 aromatic heterocycles. The van der Waals surface area contributed by atoms with E-state index in [1.807, 2.05) is 49.2 Å². The number of carbonyl (C=O) groups excluding carboxylic acids is 2. The van der Waals surface area contributed by atoms with Crippen LogP contribution in [0.1, 0.15) is 22.8 Å². The molecule has 2 aromatic carbocycles. The zero-order chi connectivity index (χ0) is 18.9. The third-order valence-corrected chi connectivity index (χ3v) is 4.23. The monoisotopic (exact) mass is 419 g/mol. The summed E-state index contributed by atoms with van der Waals surface area (Å²) in [6.07, 6.45) is 0. The van der Waals surface area contributed by atoms with Crippen molar-refractivity contribution in [2.75, 3.05) is 20.2 Å². The summed E-state index contributed by atoms with van der Waals surface area (Å²) in [6, 6.07) is 14.8. The predicted octanol–water partition coefficient (Wildman–Crippen LogP) is 2.74. The summed E-state index contributed by atoms with van der Waals surface area (Å²) in [7, 11) is 1.84. The van der Waals surface area contributed by atoms with Gasteiger partial charge in [-0.15, -0.1) is 0 Å². The molecule has 2 aromatic rings. The number of rotatable bonds is 7. The van der Waals surface area contributed by atoms with Crippen molar-refractivity contribution in [2.24, 2.45) is 0 Å². The van der Waals surface area contributed by atoms with Crippen LogP contribution in [-0.2, 0) is 11.3 Å². The second-order valence-corrected chi connectivity index (χ2v) is 6.59. The number of hydrogen-bond acceptors (Lipinski definition) is 4. The quantitative estimate of drug-likeness (QED) is 0.676. The minimum atomic E-state index is -0.375. The highest BCUT2D eigenvalue weighted by Crippen LogP contribution is 2.15. The number of hydrazine groups is 1. The van der Waals surface area contributed by atoms with E-state index in [-0.39, 0.29) is 18.4 Å². The van der Waals surface area contributed by atoms with Crippen LogP contribution in [0.4, 0.5) is 0 Å². The first kappa shape index (κ1) is 19.9. The largest absolute Gasteiger partial charge is 0.494 e. The molecule has 7 heteroatoms. The molecule has 26 heavy (non-hydrogen) atoms. The van der Waals surface area contributed by atoms with Crippen molar-refractivity contribution in [1.29, 1.82) is 0 Å². The van der Waals surface area contributed by atoms with Crippen LogP contribution in [0.15, 0.2) is 53.0 Å². The lowest BCUT2D eigenvalue weighted by atomic mass is 10.2. The van der Waals surface area contributed by atoms with Crippen molar-refractivity contribution < 1.29 is 14.3 Å². The standard InChI is InChI=1S/C19H22BrN3O3/c1-3-26-15-10-8-14(9-11-15)12-23(2)13-18(24)21-22-19(25)16-6-4-5-7-17(16)20/h4-11H,3,12-13H2,1-2H3,(H,21,24)(H,22,25). The number of carbonyl (C=O) groups is 2. The van der Waals surface area contributed by atoms with E-state index in [4.69, 9.17) is 4.74 Å². The molecule has 0 aliphatic carbocycles. The van der Waals surface area contributed by atoms with Gasteiger partial charge in [-0.25, -0.2) is 0 Å². The second kappa shape index (κ2) is 9.94. The average molecular weight is 420 g/mol. The van der Waals surface area contributed by atoms with Crippen LogP contribution >= 0.6 is 15.9 Å². The van der Waals surface area contributed by atoms with Crippen molar-refractivity contribution in [3.05, 3.63) is 64.1 Å². The van der Waals surface area contributed by atoms with Crippen molar-refractivity contribution >= 4 is 27.7 Å². The van der Waals surface area contributed by atoms with Gasteiger partial charge in [-0.2, -0.15) is 0 Å². The number of likely N-dealkylation sites (N-methyl/N-ethyl adjacent to an activating group) is 1. The third kappa shape index (κ3) is 6.16. The Bertz CT molecular complexity index is 750. The smallest absolute Gasteiger partial charge is 0.270 e. The molecule has 0 bridgehead atoms. The van der Waals surface area contributed by atoms with Gasteiger partial charge in [0.25, 0.3) is 11.8 Å². The molecule has 2 rings (SSSR count). The van der Waals surface area contributed by atoms with Gasteiger partial charge >= 0.3 is 0 Å². The SMILES string of the molecule is CCOc1ccc(CN(C)CC(=O)NNC(=O)c2ccccc2Br)cc1. The number of benzene rings is 2. The Morgan fingerprint density at radius 2 is 1.77 bits per heavy atom. The summed E-state index contributed by atoms with van der Waals surface area (Å²) in [5, 5.41) is 0. The fraction of sp³-hybridized carbons (Fsp3) is 0.263. The maximum absolute atomic E-state index is 12.1. The van der Waals surface area contributed by atoms with E-state index in [1.54, 1.807) is 18.2 Å². The maximum Gasteiger partial charge on any atom is 0.270 e. The summed E-state index contributed by atoms with van der Waals surface area (Å²) in [4.78, 5) is 25.9. The molecule has 138 valence electrons. The van der Waals surface area contributed by atoms with Gasteiger partial charge in [-0.3, -0.25) is 25.3 Å². The highest BCUT2D eigenvalue weighted by molar-refractivity contribution is 9.10. The molecule has 2 N–H and O–H groups in total. The molecule has 0 saturated carbocycles. The van der Waals surface area contributed by atoms with Crippen molar-refractivity contribution in [3.8, 4) is 5.75 Å². The number of halogens is 1. The molecule has 0 fully saturated rings. The fourth-order valence-electron chi connectivity index (χ4n) is 2.35. The molecule has 0 saturated heterocycles. The van der Waals surface area contributed by atoms with Crippen LogP contribution in [0.2, 0.25) is 0 Å². The molecule has 0 heterocycles. The van der Waals surface area contributed by atoms with Gasteiger partial charge in [0.1, 0.15) is 5.75 Å². The number of amides is 2. The van der Waals surface area contributed by atoms with Gasteiger partial charge < -0.3 is 4.74 Å². The van der Waals surface area contributed by atoms with Crippen LogP contribution in [-0.4, -0.2) is 36.9 Å². The molecule has 0 spiro atoms. The molecule has 0 atom stereocenters. The Hall–Kier alpha value is -2.38. The first-order valence-corrected chi connectivity index (χ1v) is 9.03. The zero-order valence-electron chi connectivity index (χ0n) is 14.8. The maximum atomic E-state index is 12.1. The van der Waals surface area contributed by atoms with E-state index in [0.29, 0.717) is 23.2 Å². The van der Waals surface area contributed by atoms with E-state index in [9.17, 15) is 9.59 Å². The van der Waals surface area contributed by atoms with Gasteiger partial charge in [-0.05, 0) is 59.7 Å². The summed E-state index contributed by atoms with van der Waals surface area (Å²) in [5.74, 6) is 0.158. The van der Waals surface area contributed by atoms with E-state index >= 15 is 0 Å². The molecule has 0 aliphatic rings. The molecule has 2 amide bonds. The third-order valence-electron chi connectivity index (χ3n) is 3.53. The number of nitrogens with one attached hydrogen (secondary N) is 2. The average Bonchev–Trinajstić information content (AvgIpc) is 2.62. The first-order chi connectivity index (χ1) is 12.5. The number of nitrogens with zero attached hydrogens (tertiary/aromatic N) is 1. The Balaban J connectivity index is 1.78. The van der Waals surface area contributed by atoms with Crippen LogP contribution in [0.25, 0.3) is 0 Å². The highest BCUT2D eigenvalue weighted by Gasteiger charge is 2.11. The van der Waals surface area contributed by atoms with Crippen LogP contribution < -0.4 is 15.6 Å². The van der Waals surface area contributed by atoms with Gasteiger partial charge in [0.15, 0.2) is 0 Å². The number of ether oxygens (including phenoxy) is 1. The molecular weight excluding hydrogens is 398 g/mol. The minimum Gasteiger partial charge on any atom is -0.494 e. The van der Waals surface area contributed by atoms with Gasteiger partial charge in [0.2, 0.25) is 0 Å². The zero-order valence-corrected chi connectivity index (χ0v) is 16.4. The lowest BCUT2D eigenvalue weighted by Gasteiger charge is -2.17. The van der Waals surface area contributed by atoms with Crippen LogP contribution in [0, 0.1) is 0 Å². The topological polar surface area (TPSA) is 70.7 Å². The molecule has 6 nitrogen and oxygen atoms in total. The van der Waals surface area contributed by atoms with Crippen LogP contribution in [0.3, 0.4) is 0 Å². The summed E-state index contributed by atoms with van der Waals surface area (Å²) in [6.45, 7) is 3.34. The Kier molecular flexibility index (Phi) is 7.62. The van der Waals surface area contributed by atoms with Gasteiger partial charge in [0, 0.05) is 11.0 Å². The van der Waals surface area contributed by atoms with Gasteiger partial charge in [-0.1, -0.05) is 24.3 Å². The first-order valence-electron chi connectivity index (χ1n) is 8.23. The highest BCUT2D eigenvalue weighted by atomic mass is 79.9. The van der Waals surface area contributed by atoms with Gasteiger partial charge in [0.05, 0.1) is 18.7 Å². The predicted molar refractivity (Wildman–Crippen MR) is 104 cm³/mol. The molecule has 0 radical (unpaired) electrons. The molecule has 0 unspecified atom stereocenters. The Labute approximate surface area is 161 Å². The normalized spacial score (nSPS) is 10.5. The fourth-order valence-corrected chi connectivity index (χ4v) is 2.81. The number of hydrogen-bond donors (Lipinski definition) is 2. The van der Waals surface area contributed by atoms with Crippen LogP contribution in [0.5, 0.6) is 5.75 Å². The van der Waals surface area contributed by atoms with E-state index < -0.39 is 0 Å². The Morgan fingerprint density at radius 1 is 1.08 bits per heavy atom. The van der Waals surface area contributed by atoms with Crippen molar-refractivity contribution in [3.63, 3.8) is 0 Å². The second-order valence-electron chi connectivity index (χ2n) is 5.73. The summed E-state index contributed by atoms with van der Waals surface area (Å²) >= 11 is 3.31. The lowest BCUT2D eigenvalue weighted by molar-refractivity contribution is -0.122. The minimum absolute atomic E-state index is 0.156. The summed E-state index contributed by atoms with van der Waals surface area (Å²) in [5.41, 5.74) is 6.37. The van der Waals surface area contributed by atoms with Crippen molar-refractivity contribution in [1.82, 2.24) is 15.8 Å². The van der Waals surface area contributed by atoms with E-state index in [1.165, 1.54) is 0 Å². The van der Waals surface area contributed by atoms with Crippen molar-refractivity contribution in [2.45, 2.75) is 13.5 Å². The lowest BCUT2D eigenvalue weighted by Crippen LogP contribution is -2.45. The summed E-state index contributed by atoms with van der Waals surface area (Å²) < 4.78 is 6.07.